The average Bonchev–Trinajstić information content (AvgIpc) is 2.32. The highest BCUT2D eigenvalue weighted by Gasteiger charge is 2.23. The molecule has 2 atom stereocenters. The summed E-state index contributed by atoms with van der Waals surface area (Å²) in [4.78, 5) is 14.3. The molecule has 4 nitrogen and oxygen atoms in total. The quantitative estimate of drug-likeness (QED) is 0.843. The van der Waals surface area contributed by atoms with Crippen LogP contribution in [0.25, 0.3) is 0 Å². The van der Waals surface area contributed by atoms with Gasteiger partial charge < -0.3 is 11.1 Å². The zero-order valence-electron chi connectivity index (χ0n) is 12.0. The smallest absolute Gasteiger partial charge is 0.238 e. The average molecular weight is 296 g/mol. The summed E-state index contributed by atoms with van der Waals surface area (Å²) >= 11 is 5.86. The fraction of sp³-hybridized carbons (Fsp3) is 0.533. The number of likely N-dealkylation sites (tertiary alicyclic amines) is 1. The lowest BCUT2D eigenvalue weighted by Crippen LogP contribution is -2.42. The van der Waals surface area contributed by atoms with Gasteiger partial charge in [0.1, 0.15) is 0 Å². The van der Waals surface area contributed by atoms with Crippen LogP contribution in [0.15, 0.2) is 18.2 Å². The standard InChI is InChI=1S/C15H22ClN3O/c1-10-5-11(2)8-19(7-10)9-15(20)18-12-3-4-13(16)14(17)6-12/h3-4,6,10-11H,5,7-9,17H2,1-2H3,(H,18,20). The Hall–Kier alpha value is -1.26. The van der Waals surface area contributed by atoms with Crippen LogP contribution in [-0.2, 0) is 4.79 Å². The van der Waals surface area contributed by atoms with Crippen molar-refractivity contribution in [1.29, 1.82) is 0 Å². The highest BCUT2D eigenvalue weighted by molar-refractivity contribution is 6.33. The molecule has 1 amide bonds. The first kappa shape index (κ1) is 15.1. The number of benzene rings is 1. The van der Waals surface area contributed by atoms with Crippen molar-refractivity contribution >= 4 is 28.9 Å². The van der Waals surface area contributed by atoms with Crippen molar-refractivity contribution in [3.63, 3.8) is 0 Å². The first-order valence-electron chi connectivity index (χ1n) is 7.01. The zero-order chi connectivity index (χ0) is 14.7. The van der Waals surface area contributed by atoms with Crippen LogP contribution < -0.4 is 11.1 Å². The van der Waals surface area contributed by atoms with Gasteiger partial charge in [-0.1, -0.05) is 25.4 Å². The summed E-state index contributed by atoms with van der Waals surface area (Å²) in [5.74, 6) is 1.29. The normalized spacial score (nSPS) is 23.6. The molecule has 1 aliphatic heterocycles. The second kappa shape index (κ2) is 6.46. The second-order valence-electron chi connectivity index (χ2n) is 5.92. The van der Waals surface area contributed by atoms with E-state index in [1.165, 1.54) is 6.42 Å². The van der Waals surface area contributed by atoms with E-state index in [-0.39, 0.29) is 5.91 Å². The number of nitrogens with one attached hydrogen (secondary N) is 1. The number of rotatable bonds is 3. The lowest BCUT2D eigenvalue weighted by atomic mass is 9.92. The van der Waals surface area contributed by atoms with E-state index in [1.807, 2.05) is 0 Å². The number of hydrogen-bond acceptors (Lipinski definition) is 3. The number of hydrogen-bond donors (Lipinski definition) is 2. The number of halogens is 1. The largest absolute Gasteiger partial charge is 0.397 e. The molecular weight excluding hydrogens is 274 g/mol. The number of nitrogens with two attached hydrogens (primary N) is 1. The SMILES string of the molecule is CC1CC(C)CN(CC(=O)Nc2ccc(Cl)c(N)c2)C1. The predicted molar refractivity (Wildman–Crippen MR) is 83.9 cm³/mol. The third-order valence-corrected chi connectivity index (χ3v) is 3.94. The second-order valence-corrected chi connectivity index (χ2v) is 6.33. The Labute approximate surface area is 125 Å². The maximum Gasteiger partial charge on any atom is 0.238 e. The van der Waals surface area contributed by atoms with Crippen molar-refractivity contribution < 1.29 is 4.79 Å². The van der Waals surface area contributed by atoms with Gasteiger partial charge in [0.2, 0.25) is 5.91 Å². The van der Waals surface area contributed by atoms with Crippen molar-refractivity contribution in [3.05, 3.63) is 23.2 Å². The van der Waals surface area contributed by atoms with Crippen molar-refractivity contribution in [2.24, 2.45) is 11.8 Å². The highest BCUT2D eigenvalue weighted by atomic mass is 35.5. The van der Waals surface area contributed by atoms with Gasteiger partial charge >= 0.3 is 0 Å². The van der Waals surface area contributed by atoms with Crippen LogP contribution in [0.5, 0.6) is 0 Å². The van der Waals surface area contributed by atoms with Crippen LogP contribution >= 0.6 is 11.6 Å². The molecule has 1 aromatic rings. The molecule has 0 radical (unpaired) electrons. The fourth-order valence-electron chi connectivity index (χ4n) is 2.95. The first-order valence-corrected chi connectivity index (χ1v) is 7.39. The Morgan fingerprint density at radius 1 is 1.40 bits per heavy atom. The van der Waals surface area contributed by atoms with Crippen LogP contribution in [0.1, 0.15) is 20.3 Å². The van der Waals surface area contributed by atoms with E-state index >= 15 is 0 Å². The summed E-state index contributed by atoms with van der Waals surface area (Å²) < 4.78 is 0. The fourth-order valence-corrected chi connectivity index (χ4v) is 3.06. The summed E-state index contributed by atoms with van der Waals surface area (Å²) in [6.45, 7) is 6.87. The van der Waals surface area contributed by atoms with Gasteiger partial charge in [-0.15, -0.1) is 0 Å². The molecule has 0 aromatic heterocycles. The molecule has 0 spiro atoms. The van der Waals surface area contributed by atoms with E-state index in [2.05, 4.69) is 24.1 Å². The number of carbonyl (C=O) groups is 1. The van der Waals surface area contributed by atoms with Gasteiger partial charge in [0.15, 0.2) is 0 Å². The van der Waals surface area contributed by atoms with Crippen molar-refractivity contribution in [1.82, 2.24) is 4.90 Å². The third-order valence-electron chi connectivity index (χ3n) is 3.59. The number of piperidine rings is 1. The zero-order valence-corrected chi connectivity index (χ0v) is 12.8. The van der Waals surface area contributed by atoms with Gasteiger partial charge in [0.05, 0.1) is 17.3 Å². The number of anilines is 2. The highest BCUT2D eigenvalue weighted by Crippen LogP contribution is 2.23. The predicted octanol–water partition coefficient (Wildman–Crippen LogP) is 2.84. The van der Waals surface area contributed by atoms with Crippen LogP contribution in [0.3, 0.4) is 0 Å². The van der Waals surface area contributed by atoms with Crippen LogP contribution in [-0.4, -0.2) is 30.4 Å². The maximum absolute atomic E-state index is 12.1. The van der Waals surface area contributed by atoms with Gasteiger partial charge in [-0.25, -0.2) is 0 Å². The molecule has 110 valence electrons. The molecule has 1 saturated heterocycles. The van der Waals surface area contributed by atoms with Crippen molar-refractivity contribution in [3.8, 4) is 0 Å². The van der Waals surface area contributed by atoms with E-state index in [0.29, 0.717) is 34.8 Å². The Bertz CT molecular complexity index is 482. The monoisotopic (exact) mass is 295 g/mol. The van der Waals surface area contributed by atoms with Gasteiger partial charge in [-0.05, 0) is 36.5 Å². The van der Waals surface area contributed by atoms with Crippen molar-refractivity contribution in [2.45, 2.75) is 20.3 Å². The molecule has 0 saturated carbocycles. The van der Waals surface area contributed by atoms with Gasteiger partial charge in [-0.3, -0.25) is 9.69 Å². The van der Waals surface area contributed by atoms with Gasteiger partial charge in [0, 0.05) is 18.8 Å². The molecule has 0 aliphatic carbocycles. The van der Waals surface area contributed by atoms with E-state index < -0.39 is 0 Å². The molecule has 1 aliphatic rings. The minimum Gasteiger partial charge on any atom is -0.397 e. The molecule has 1 aromatic carbocycles. The summed E-state index contributed by atoms with van der Waals surface area (Å²) in [6, 6.07) is 5.14. The van der Waals surface area contributed by atoms with Crippen molar-refractivity contribution in [2.75, 3.05) is 30.7 Å². The first-order chi connectivity index (χ1) is 9.44. The van der Waals surface area contributed by atoms with E-state index in [1.54, 1.807) is 18.2 Å². The molecule has 20 heavy (non-hydrogen) atoms. The summed E-state index contributed by atoms with van der Waals surface area (Å²) in [6.07, 6.45) is 1.24. The number of nitrogens with zero attached hydrogens (tertiary/aromatic N) is 1. The molecule has 2 unspecified atom stereocenters. The maximum atomic E-state index is 12.1. The Morgan fingerprint density at radius 2 is 2.05 bits per heavy atom. The Morgan fingerprint density at radius 3 is 2.65 bits per heavy atom. The summed E-state index contributed by atoms with van der Waals surface area (Å²) in [5.41, 5.74) is 6.89. The molecule has 1 fully saturated rings. The van der Waals surface area contributed by atoms with E-state index in [9.17, 15) is 4.79 Å². The molecule has 3 N–H and O–H groups in total. The summed E-state index contributed by atoms with van der Waals surface area (Å²) in [5, 5.41) is 3.37. The minimum absolute atomic E-state index is 0.00646. The van der Waals surface area contributed by atoms with Crippen LogP contribution in [0, 0.1) is 11.8 Å². The van der Waals surface area contributed by atoms with Crippen LogP contribution in [0.2, 0.25) is 5.02 Å². The molecule has 2 rings (SSSR count). The van der Waals surface area contributed by atoms with Gasteiger partial charge in [-0.2, -0.15) is 0 Å². The molecule has 5 heteroatoms. The van der Waals surface area contributed by atoms with E-state index in [0.717, 1.165) is 13.1 Å². The molecule has 1 heterocycles. The lowest BCUT2D eigenvalue weighted by Gasteiger charge is -2.34. The summed E-state index contributed by atoms with van der Waals surface area (Å²) in [7, 11) is 0. The molecule has 0 bridgehead atoms. The Kier molecular flexibility index (Phi) is 4.89. The number of amides is 1. The third kappa shape index (κ3) is 4.12. The van der Waals surface area contributed by atoms with Gasteiger partial charge in [0.25, 0.3) is 0 Å². The molecular formula is C15H22ClN3O. The Balaban J connectivity index is 1.90. The van der Waals surface area contributed by atoms with Crippen LogP contribution in [0.4, 0.5) is 11.4 Å². The number of nitrogen functional groups attached to an aromatic ring is 1. The number of carbonyl (C=O) groups excluding carboxylic acids is 1. The minimum atomic E-state index is -0.00646. The topological polar surface area (TPSA) is 58.4 Å². The van der Waals surface area contributed by atoms with E-state index in [4.69, 9.17) is 17.3 Å². The lowest BCUT2D eigenvalue weighted by molar-refractivity contribution is -0.117.